The second kappa shape index (κ2) is 9.95. The molecule has 2 aliphatic carbocycles. The smallest absolute Gasteiger partial charge is 0.304 e. The van der Waals surface area contributed by atoms with Gasteiger partial charge in [-0.1, -0.05) is 51.4 Å². The molecule has 2 rings (SSSR count). The lowest BCUT2D eigenvalue weighted by molar-refractivity contribution is 0.152. The van der Waals surface area contributed by atoms with Gasteiger partial charge in [0.15, 0.2) is 0 Å². The van der Waals surface area contributed by atoms with Crippen molar-refractivity contribution >= 4 is 10.0 Å². The van der Waals surface area contributed by atoms with Gasteiger partial charge in [0.2, 0.25) is 0 Å². The first-order valence-electron chi connectivity index (χ1n) is 8.32. The van der Waals surface area contributed by atoms with E-state index in [-0.39, 0.29) is 0 Å². The zero-order valence-corrected chi connectivity index (χ0v) is 14.9. The van der Waals surface area contributed by atoms with Gasteiger partial charge in [0.05, 0.1) is 0 Å². The summed E-state index contributed by atoms with van der Waals surface area (Å²) in [5, 5.41) is 0. The Kier molecular flexibility index (Phi) is 9.00. The normalized spacial score (nSPS) is 21.2. The van der Waals surface area contributed by atoms with Crippen LogP contribution in [0.15, 0.2) is 0 Å². The Morgan fingerprint density at radius 1 is 0.684 bits per heavy atom. The van der Waals surface area contributed by atoms with Crippen LogP contribution in [0.1, 0.15) is 79.1 Å². The minimum absolute atomic E-state index is 0.329. The topological polar surface area (TPSA) is 18.5 Å². The largest absolute Gasteiger partial charge is 0.396 e. The van der Waals surface area contributed by atoms with Crippen molar-refractivity contribution in [1.29, 1.82) is 0 Å². The SMILES string of the molecule is C1CCC(C2CCCC2)C1.CC(C)O[SiH2]OC(C)C. The molecule has 0 saturated heterocycles. The fourth-order valence-electron chi connectivity index (χ4n) is 3.17. The van der Waals surface area contributed by atoms with Crippen LogP contribution in [0.2, 0.25) is 0 Å². The molecule has 0 bridgehead atoms. The third-order valence-electron chi connectivity index (χ3n) is 4.27. The van der Waals surface area contributed by atoms with Crippen molar-refractivity contribution in [3.63, 3.8) is 0 Å². The van der Waals surface area contributed by atoms with E-state index in [0.29, 0.717) is 12.2 Å². The molecule has 114 valence electrons. The van der Waals surface area contributed by atoms with Crippen molar-refractivity contribution in [2.24, 2.45) is 11.8 Å². The number of hydrogen-bond donors (Lipinski definition) is 0. The fourth-order valence-corrected chi connectivity index (χ4v) is 3.79. The first kappa shape index (κ1) is 17.2. The highest BCUT2D eigenvalue weighted by Gasteiger charge is 2.26. The Morgan fingerprint density at radius 3 is 1.26 bits per heavy atom. The summed E-state index contributed by atoms with van der Waals surface area (Å²) in [4.78, 5) is 0. The molecule has 2 saturated carbocycles. The van der Waals surface area contributed by atoms with Crippen molar-refractivity contribution in [3.05, 3.63) is 0 Å². The van der Waals surface area contributed by atoms with Crippen LogP contribution in [0, 0.1) is 11.8 Å². The van der Waals surface area contributed by atoms with Crippen LogP contribution in [0.5, 0.6) is 0 Å². The highest BCUT2D eigenvalue weighted by atomic mass is 28.3. The molecular weight excluding hydrogens is 252 g/mol. The Hall–Kier alpha value is 0.137. The van der Waals surface area contributed by atoms with Crippen molar-refractivity contribution in [3.8, 4) is 0 Å². The molecule has 0 radical (unpaired) electrons. The molecule has 0 heterocycles. The van der Waals surface area contributed by atoms with Crippen LogP contribution in [-0.2, 0) is 8.85 Å². The molecule has 0 aromatic carbocycles. The van der Waals surface area contributed by atoms with E-state index in [0.717, 1.165) is 11.8 Å². The lowest BCUT2D eigenvalue weighted by Gasteiger charge is -2.16. The summed E-state index contributed by atoms with van der Waals surface area (Å²) in [7, 11) is -0.684. The second-order valence-corrected chi connectivity index (χ2v) is 7.54. The average Bonchev–Trinajstić information content (AvgIpc) is 3.02. The molecule has 0 aromatic heterocycles. The van der Waals surface area contributed by atoms with Crippen LogP contribution in [-0.4, -0.2) is 22.2 Å². The van der Waals surface area contributed by atoms with E-state index < -0.39 is 10.0 Å². The molecule has 0 aliphatic heterocycles. The lowest BCUT2D eigenvalue weighted by Crippen LogP contribution is -2.14. The third kappa shape index (κ3) is 8.11. The minimum atomic E-state index is -0.684. The molecular formula is C16H34O2Si. The monoisotopic (exact) mass is 286 g/mol. The van der Waals surface area contributed by atoms with Crippen LogP contribution in [0.4, 0.5) is 0 Å². The first-order chi connectivity index (χ1) is 9.09. The van der Waals surface area contributed by atoms with Crippen LogP contribution in [0.3, 0.4) is 0 Å². The molecule has 19 heavy (non-hydrogen) atoms. The molecule has 2 fully saturated rings. The molecule has 0 aromatic rings. The molecule has 0 unspecified atom stereocenters. The fraction of sp³-hybridized carbons (Fsp3) is 1.00. The first-order valence-corrected chi connectivity index (χ1v) is 9.48. The maximum Gasteiger partial charge on any atom is 0.304 e. The number of rotatable bonds is 5. The van der Waals surface area contributed by atoms with E-state index in [9.17, 15) is 0 Å². The molecule has 0 N–H and O–H groups in total. The maximum absolute atomic E-state index is 5.27. The molecule has 0 atom stereocenters. The third-order valence-corrected chi connectivity index (χ3v) is 5.87. The van der Waals surface area contributed by atoms with E-state index in [1.54, 1.807) is 25.7 Å². The average molecular weight is 287 g/mol. The Morgan fingerprint density at radius 2 is 1.00 bits per heavy atom. The van der Waals surface area contributed by atoms with Crippen molar-refractivity contribution in [1.82, 2.24) is 0 Å². The van der Waals surface area contributed by atoms with Gasteiger partial charge in [0.1, 0.15) is 0 Å². The predicted octanol–water partition coefficient (Wildman–Crippen LogP) is 4.20. The highest BCUT2D eigenvalue weighted by molar-refractivity contribution is 6.18. The summed E-state index contributed by atoms with van der Waals surface area (Å²) in [5.41, 5.74) is 0. The van der Waals surface area contributed by atoms with Crippen LogP contribution < -0.4 is 0 Å². The summed E-state index contributed by atoms with van der Waals surface area (Å²) in [6.07, 6.45) is 13.0. The number of hydrogen-bond acceptors (Lipinski definition) is 2. The predicted molar refractivity (Wildman–Crippen MR) is 84.9 cm³/mol. The van der Waals surface area contributed by atoms with Gasteiger partial charge in [-0.25, -0.2) is 0 Å². The molecule has 3 heteroatoms. The van der Waals surface area contributed by atoms with E-state index in [4.69, 9.17) is 8.85 Å². The van der Waals surface area contributed by atoms with Crippen molar-refractivity contribution in [2.45, 2.75) is 91.3 Å². The van der Waals surface area contributed by atoms with Crippen molar-refractivity contribution in [2.75, 3.05) is 0 Å². The summed E-state index contributed by atoms with van der Waals surface area (Å²) in [6.45, 7) is 8.10. The van der Waals surface area contributed by atoms with Gasteiger partial charge in [-0.3, -0.25) is 0 Å². The quantitative estimate of drug-likeness (QED) is 0.705. The van der Waals surface area contributed by atoms with Gasteiger partial charge in [-0.2, -0.15) is 0 Å². The van der Waals surface area contributed by atoms with Gasteiger partial charge in [-0.15, -0.1) is 0 Å². The van der Waals surface area contributed by atoms with E-state index in [2.05, 4.69) is 0 Å². The molecule has 0 spiro atoms. The zero-order chi connectivity index (χ0) is 14.1. The minimum Gasteiger partial charge on any atom is -0.396 e. The molecule has 0 amide bonds. The van der Waals surface area contributed by atoms with Gasteiger partial charge in [0.25, 0.3) is 0 Å². The molecule has 2 aliphatic rings. The van der Waals surface area contributed by atoms with Crippen LogP contribution >= 0.6 is 0 Å². The van der Waals surface area contributed by atoms with Crippen LogP contribution in [0.25, 0.3) is 0 Å². The summed E-state index contributed by atoms with van der Waals surface area (Å²) in [5.74, 6) is 2.31. The second-order valence-electron chi connectivity index (χ2n) is 6.64. The van der Waals surface area contributed by atoms with E-state index in [1.165, 1.54) is 25.7 Å². The van der Waals surface area contributed by atoms with Crippen molar-refractivity contribution < 1.29 is 8.85 Å². The summed E-state index contributed by atoms with van der Waals surface area (Å²) < 4.78 is 10.5. The van der Waals surface area contributed by atoms with Gasteiger partial charge < -0.3 is 8.85 Å². The van der Waals surface area contributed by atoms with E-state index >= 15 is 0 Å². The highest BCUT2D eigenvalue weighted by Crippen LogP contribution is 2.39. The van der Waals surface area contributed by atoms with E-state index in [1.807, 2.05) is 27.7 Å². The van der Waals surface area contributed by atoms with Gasteiger partial charge in [0, 0.05) is 12.2 Å². The Bertz CT molecular complexity index is 185. The summed E-state index contributed by atoms with van der Waals surface area (Å²) in [6, 6.07) is 0. The Balaban J connectivity index is 0.000000192. The summed E-state index contributed by atoms with van der Waals surface area (Å²) >= 11 is 0. The zero-order valence-electron chi connectivity index (χ0n) is 13.5. The molecule has 2 nitrogen and oxygen atoms in total. The standard InChI is InChI=1S/C10H18.C6H16O2Si/c1-2-6-9(5-1)10-7-3-4-8-10;1-5(2)7-9-8-6(3)4/h9-10H,1-8H2;5-6H,9H2,1-4H3. The van der Waals surface area contributed by atoms with Gasteiger partial charge >= 0.3 is 10.0 Å². The maximum atomic E-state index is 5.27. The van der Waals surface area contributed by atoms with Gasteiger partial charge in [-0.05, 0) is 39.5 Å². The Labute approximate surface area is 122 Å². The lowest BCUT2D eigenvalue weighted by atomic mass is 9.90.